The van der Waals surface area contributed by atoms with Gasteiger partial charge in [-0.25, -0.2) is 4.79 Å². The van der Waals surface area contributed by atoms with Crippen LogP contribution >= 0.6 is 11.3 Å². The third kappa shape index (κ3) is 1.71. The van der Waals surface area contributed by atoms with Crippen molar-refractivity contribution in [2.45, 2.75) is 0 Å². The Kier molecular flexibility index (Phi) is 2.62. The summed E-state index contributed by atoms with van der Waals surface area (Å²) in [6, 6.07) is 3.47. The van der Waals surface area contributed by atoms with Crippen molar-refractivity contribution in [2.24, 2.45) is 0 Å². The zero-order valence-electron chi connectivity index (χ0n) is 6.02. The normalized spacial score (nSPS) is 9.92. The van der Waals surface area contributed by atoms with Crippen LogP contribution in [0.15, 0.2) is 17.5 Å². The quantitative estimate of drug-likeness (QED) is 0.706. The van der Waals surface area contributed by atoms with Gasteiger partial charge in [-0.15, -0.1) is 11.3 Å². The summed E-state index contributed by atoms with van der Waals surface area (Å²) in [5.74, 6) is -0.956. The summed E-state index contributed by atoms with van der Waals surface area (Å²) in [6.07, 6.45) is 2.74. The molecule has 0 bridgehead atoms. The number of nitrogens with zero attached hydrogens (tertiary/aromatic N) is 1. The minimum Gasteiger partial charge on any atom is -0.477 e. The summed E-state index contributed by atoms with van der Waals surface area (Å²) >= 11 is 1.15. The Morgan fingerprint density at radius 2 is 2.50 bits per heavy atom. The number of thiophene rings is 1. The highest BCUT2D eigenvalue weighted by Gasteiger charge is 2.08. The number of carboxylic acid groups (broad SMARTS) is 1. The Bertz CT molecular complexity index is 359. The van der Waals surface area contributed by atoms with Crippen LogP contribution in [0.3, 0.4) is 0 Å². The van der Waals surface area contributed by atoms with Crippen molar-refractivity contribution in [1.29, 1.82) is 5.26 Å². The standard InChI is InChI=1S/C8H5NO2S/c9-4-1-2-6-3-5-12-7(6)8(10)11/h1-3,5H,(H,10,11). The maximum absolute atomic E-state index is 10.5. The highest BCUT2D eigenvalue weighted by atomic mass is 32.1. The van der Waals surface area contributed by atoms with Gasteiger partial charge in [0, 0.05) is 11.6 Å². The Hall–Kier alpha value is -1.60. The SMILES string of the molecule is N#CC=Cc1ccsc1C(=O)O. The summed E-state index contributed by atoms with van der Waals surface area (Å²) in [5, 5.41) is 18.5. The van der Waals surface area contributed by atoms with Crippen LogP contribution in [0.5, 0.6) is 0 Å². The van der Waals surface area contributed by atoms with Gasteiger partial charge in [0.15, 0.2) is 0 Å². The highest BCUT2D eigenvalue weighted by molar-refractivity contribution is 7.12. The van der Waals surface area contributed by atoms with Crippen molar-refractivity contribution in [3.05, 3.63) is 28.0 Å². The van der Waals surface area contributed by atoms with Crippen molar-refractivity contribution in [3.63, 3.8) is 0 Å². The number of nitriles is 1. The zero-order chi connectivity index (χ0) is 8.97. The first-order valence-electron chi connectivity index (χ1n) is 3.12. The fourth-order valence-corrected chi connectivity index (χ4v) is 1.47. The summed E-state index contributed by atoms with van der Waals surface area (Å²) in [5.41, 5.74) is 0.578. The van der Waals surface area contributed by atoms with E-state index < -0.39 is 5.97 Å². The molecule has 0 aliphatic rings. The van der Waals surface area contributed by atoms with E-state index in [0.717, 1.165) is 11.3 Å². The second-order valence-electron chi connectivity index (χ2n) is 1.97. The van der Waals surface area contributed by atoms with Gasteiger partial charge in [-0.2, -0.15) is 5.26 Å². The van der Waals surface area contributed by atoms with Crippen molar-refractivity contribution in [1.82, 2.24) is 0 Å². The van der Waals surface area contributed by atoms with Crippen LogP contribution in [0.2, 0.25) is 0 Å². The van der Waals surface area contributed by atoms with E-state index in [9.17, 15) is 4.79 Å². The lowest BCUT2D eigenvalue weighted by Crippen LogP contribution is -1.93. The molecule has 1 aromatic heterocycles. The highest BCUT2D eigenvalue weighted by Crippen LogP contribution is 2.17. The molecule has 1 heterocycles. The minimum atomic E-state index is -0.956. The molecule has 60 valence electrons. The average molecular weight is 179 g/mol. The maximum atomic E-state index is 10.5. The van der Waals surface area contributed by atoms with E-state index >= 15 is 0 Å². The number of hydrogen-bond acceptors (Lipinski definition) is 3. The Labute approximate surface area is 73.2 Å². The van der Waals surface area contributed by atoms with Crippen molar-refractivity contribution in [2.75, 3.05) is 0 Å². The van der Waals surface area contributed by atoms with E-state index in [2.05, 4.69) is 0 Å². The summed E-state index contributed by atoms with van der Waals surface area (Å²) in [6.45, 7) is 0. The van der Waals surface area contributed by atoms with E-state index in [-0.39, 0.29) is 4.88 Å². The molecule has 0 radical (unpaired) electrons. The number of hydrogen-bond donors (Lipinski definition) is 1. The molecule has 0 aliphatic carbocycles. The molecule has 0 unspecified atom stereocenters. The molecule has 1 N–H and O–H groups in total. The molecule has 1 aromatic rings. The number of carbonyl (C=O) groups is 1. The summed E-state index contributed by atoms with van der Waals surface area (Å²) < 4.78 is 0. The van der Waals surface area contributed by atoms with Gasteiger partial charge >= 0.3 is 5.97 Å². The molecule has 0 aromatic carbocycles. The predicted molar refractivity (Wildman–Crippen MR) is 45.9 cm³/mol. The van der Waals surface area contributed by atoms with E-state index in [0.29, 0.717) is 5.56 Å². The number of carboxylic acids is 1. The molecule has 12 heavy (non-hydrogen) atoms. The monoisotopic (exact) mass is 179 g/mol. The first-order valence-corrected chi connectivity index (χ1v) is 4.00. The van der Waals surface area contributed by atoms with Gasteiger partial charge < -0.3 is 5.11 Å². The summed E-state index contributed by atoms with van der Waals surface area (Å²) in [4.78, 5) is 10.8. The molecular formula is C8H5NO2S. The third-order valence-corrected chi connectivity index (χ3v) is 2.15. The molecule has 0 fully saturated rings. The third-order valence-electron chi connectivity index (χ3n) is 1.23. The van der Waals surface area contributed by atoms with Crippen LogP contribution in [0.1, 0.15) is 15.2 Å². The van der Waals surface area contributed by atoms with Crippen LogP contribution < -0.4 is 0 Å². The lowest BCUT2D eigenvalue weighted by Gasteiger charge is -1.88. The molecule has 3 nitrogen and oxygen atoms in total. The Morgan fingerprint density at radius 1 is 1.75 bits per heavy atom. The first kappa shape index (κ1) is 8.50. The number of aromatic carboxylic acids is 1. The van der Waals surface area contributed by atoms with E-state index in [1.165, 1.54) is 12.2 Å². The van der Waals surface area contributed by atoms with Gasteiger partial charge in [0.2, 0.25) is 0 Å². The van der Waals surface area contributed by atoms with E-state index in [1.54, 1.807) is 17.5 Å². The lowest BCUT2D eigenvalue weighted by molar-refractivity contribution is 0.0702. The van der Waals surface area contributed by atoms with Gasteiger partial charge in [0.1, 0.15) is 4.88 Å². The maximum Gasteiger partial charge on any atom is 0.346 e. The molecular weight excluding hydrogens is 174 g/mol. The minimum absolute atomic E-state index is 0.265. The van der Waals surface area contributed by atoms with Gasteiger partial charge in [-0.05, 0) is 17.5 Å². The second-order valence-corrected chi connectivity index (χ2v) is 2.89. The molecule has 0 saturated heterocycles. The van der Waals surface area contributed by atoms with Crippen molar-refractivity contribution < 1.29 is 9.90 Å². The average Bonchev–Trinajstić information content (AvgIpc) is 2.48. The topological polar surface area (TPSA) is 61.1 Å². The predicted octanol–water partition coefficient (Wildman–Crippen LogP) is 1.98. The number of rotatable bonds is 2. The number of allylic oxidation sites excluding steroid dienone is 1. The molecule has 1 rings (SSSR count). The lowest BCUT2D eigenvalue weighted by atomic mass is 10.2. The van der Waals surface area contributed by atoms with E-state index in [1.807, 2.05) is 0 Å². The van der Waals surface area contributed by atoms with Crippen LogP contribution in [0.25, 0.3) is 6.08 Å². The smallest absolute Gasteiger partial charge is 0.346 e. The summed E-state index contributed by atoms with van der Waals surface area (Å²) in [7, 11) is 0. The van der Waals surface area contributed by atoms with Gasteiger partial charge in [0.25, 0.3) is 0 Å². The largest absolute Gasteiger partial charge is 0.477 e. The van der Waals surface area contributed by atoms with E-state index in [4.69, 9.17) is 10.4 Å². The van der Waals surface area contributed by atoms with Gasteiger partial charge in [-0.1, -0.05) is 0 Å². The fourth-order valence-electron chi connectivity index (χ4n) is 0.751. The first-order chi connectivity index (χ1) is 5.75. The van der Waals surface area contributed by atoms with Crippen LogP contribution in [0.4, 0.5) is 0 Å². The zero-order valence-corrected chi connectivity index (χ0v) is 6.84. The molecule has 0 amide bonds. The second kappa shape index (κ2) is 3.69. The fraction of sp³-hybridized carbons (Fsp3) is 0. The van der Waals surface area contributed by atoms with Gasteiger partial charge in [0.05, 0.1) is 6.07 Å². The molecule has 0 aliphatic heterocycles. The molecule has 0 saturated carbocycles. The van der Waals surface area contributed by atoms with Crippen LogP contribution in [-0.2, 0) is 0 Å². The molecule has 0 spiro atoms. The van der Waals surface area contributed by atoms with Crippen molar-refractivity contribution in [3.8, 4) is 6.07 Å². The van der Waals surface area contributed by atoms with Crippen molar-refractivity contribution >= 4 is 23.4 Å². The van der Waals surface area contributed by atoms with Gasteiger partial charge in [-0.3, -0.25) is 0 Å². The molecule has 4 heteroatoms. The Balaban J connectivity index is 3.01. The van der Waals surface area contributed by atoms with Crippen LogP contribution in [-0.4, -0.2) is 11.1 Å². The Morgan fingerprint density at radius 3 is 3.08 bits per heavy atom. The van der Waals surface area contributed by atoms with Crippen LogP contribution in [0, 0.1) is 11.3 Å². The molecule has 0 atom stereocenters.